The molecule has 88 valence electrons. The van der Waals surface area contributed by atoms with E-state index in [-0.39, 0.29) is 0 Å². The van der Waals surface area contributed by atoms with E-state index in [1.54, 1.807) is 0 Å². The van der Waals surface area contributed by atoms with Gasteiger partial charge < -0.3 is 10.1 Å². The Labute approximate surface area is 93.2 Å². The van der Waals surface area contributed by atoms with E-state index < -0.39 is 0 Å². The van der Waals surface area contributed by atoms with Crippen LogP contribution in [0.15, 0.2) is 0 Å². The van der Waals surface area contributed by atoms with Crippen molar-refractivity contribution < 1.29 is 4.74 Å². The second kappa shape index (κ2) is 5.28. The molecule has 0 amide bonds. The summed E-state index contributed by atoms with van der Waals surface area (Å²) < 4.78 is 5.36. The van der Waals surface area contributed by atoms with Gasteiger partial charge in [-0.25, -0.2) is 0 Å². The van der Waals surface area contributed by atoms with Crippen molar-refractivity contribution in [3.8, 4) is 0 Å². The van der Waals surface area contributed by atoms with Crippen LogP contribution in [0.1, 0.15) is 32.6 Å². The van der Waals surface area contributed by atoms with Gasteiger partial charge in [-0.05, 0) is 45.7 Å². The third-order valence-electron chi connectivity index (χ3n) is 3.87. The molecule has 0 bridgehead atoms. The normalized spacial score (nSPS) is 34.8. The zero-order valence-electron chi connectivity index (χ0n) is 10.0. The maximum absolute atomic E-state index is 5.36. The summed E-state index contributed by atoms with van der Waals surface area (Å²) in [6.07, 6.45) is 5.82. The lowest BCUT2D eigenvalue weighted by atomic mass is 10.0. The van der Waals surface area contributed by atoms with Gasteiger partial charge in [-0.1, -0.05) is 0 Å². The van der Waals surface area contributed by atoms with Crippen molar-refractivity contribution in [1.29, 1.82) is 0 Å². The van der Waals surface area contributed by atoms with Gasteiger partial charge >= 0.3 is 0 Å². The summed E-state index contributed by atoms with van der Waals surface area (Å²) in [5.74, 6) is 0. The summed E-state index contributed by atoms with van der Waals surface area (Å²) in [6, 6.07) is 1.52. The number of rotatable bonds is 4. The van der Waals surface area contributed by atoms with Crippen molar-refractivity contribution in [2.45, 2.75) is 50.8 Å². The summed E-state index contributed by atoms with van der Waals surface area (Å²) >= 11 is 0. The van der Waals surface area contributed by atoms with Crippen LogP contribution in [0.5, 0.6) is 0 Å². The molecule has 2 heterocycles. The fraction of sp³-hybridized carbons (Fsp3) is 1.00. The molecule has 0 aromatic carbocycles. The minimum atomic E-state index is 0.368. The number of hydrogen-bond donors (Lipinski definition) is 1. The highest BCUT2D eigenvalue weighted by atomic mass is 16.5. The molecule has 0 aliphatic carbocycles. The van der Waals surface area contributed by atoms with Gasteiger partial charge in [0.2, 0.25) is 0 Å². The van der Waals surface area contributed by atoms with Gasteiger partial charge in [0, 0.05) is 25.7 Å². The molecule has 2 fully saturated rings. The highest BCUT2D eigenvalue weighted by Crippen LogP contribution is 2.24. The third kappa shape index (κ3) is 2.71. The van der Waals surface area contributed by atoms with Gasteiger partial charge in [-0.3, -0.25) is 4.90 Å². The van der Waals surface area contributed by atoms with Crippen LogP contribution < -0.4 is 5.32 Å². The molecular weight excluding hydrogens is 188 g/mol. The molecule has 0 aromatic heterocycles. The zero-order valence-corrected chi connectivity index (χ0v) is 10.0. The van der Waals surface area contributed by atoms with E-state index in [4.69, 9.17) is 4.74 Å². The Bertz CT molecular complexity index is 192. The summed E-state index contributed by atoms with van der Waals surface area (Å²) in [4.78, 5) is 2.62. The smallest absolute Gasteiger partial charge is 0.0670 e. The van der Waals surface area contributed by atoms with Gasteiger partial charge in [-0.2, -0.15) is 0 Å². The first-order valence-electron chi connectivity index (χ1n) is 6.31. The second-order valence-electron chi connectivity index (χ2n) is 4.95. The minimum absolute atomic E-state index is 0.368. The third-order valence-corrected chi connectivity index (χ3v) is 3.87. The van der Waals surface area contributed by atoms with Gasteiger partial charge in [0.05, 0.1) is 6.10 Å². The number of likely N-dealkylation sites (tertiary alicyclic amines) is 1. The summed E-state index contributed by atoms with van der Waals surface area (Å²) in [7, 11) is 1.81. The number of ether oxygens (including phenoxy) is 1. The second-order valence-corrected chi connectivity index (χ2v) is 4.95. The maximum Gasteiger partial charge on any atom is 0.0670 e. The van der Waals surface area contributed by atoms with Crippen molar-refractivity contribution in [3.05, 3.63) is 0 Å². The fourth-order valence-corrected chi connectivity index (χ4v) is 2.98. The predicted octanol–water partition coefficient (Wildman–Crippen LogP) is 1.24. The molecule has 2 aliphatic heterocycles. The predicted molar refractivity (Wildman–Crippen MR) is 62.1 cm³/mol. The van der Waals surface area contributed by atoms with Crippen LogP contribution in [0.3, 0.4) is 0 Å². The van der Waals surface area contributed by atoms with Gasteiger partial charge in [0.25, 0.3) is 0 Å². The first kappa shape index (κ1) is 11.4. The van der Waals surface area contributed by atoms with E-state index in [1.807, 2.05) is 7.11 Å². The number of methoxy groups -OCH3 is 1. The standard InChI is InChI=1S/C12H24N2O/c1-10(15-2)9-14-8-4-6-12(14)11-5-3-7-13-11/h10-13H,3-9H2,1-2H3. The molecule has 2 saturated heterocycles. The fourth-order valence-electron chi connectivity index (χ4n) is 2.98. The lowest BCUT2D eigenvalue weighted by Crippen LogP contribution is -2.46. The Kier molecular flexibility index (Phi) is 4.00. The van der Waals surface area contributed by atoms with Crippen molar-refractivity contribution in [2.24, 2.45) is 0 Å². The van der Waals surface area contributed by atoms with Crippen LogP contribution in [0.2, 0.25) is 0 Å². The van der Waals surface area contributed by atoms with Crippen molar-refractivity contribution in [1.82, 2.24) is 10.2 Å². The monoisotopic (exact) mass is 212 g/mol. The summed E-state index contributed by atoms with van der Waals surface area (Å²) in [5.41, 5.74) is 0. The lowest BCUT2D eigenvalue weighted by Gasteiger charge is -2.31. The lowest BCUT2D eigenvalue weighted by molar-refractivity contribution is 0.0671. The van der Waals surface area contributed by atoms with Crippen LogP contribution in [0, 0.1) is 0 Å². The van der Waals surface area contributed by atoms with Gasteiger partial charge in [0.1, 0.15) is 0 Å². The number of nitrogens with one attached hydrogen (secondary N) is 1. The molecule has 0 aromatic rings. The molecule has 3 nitrogen and oxygen atoms in total. The van der Waals surface area contributed by atoms with Crippen LogP contribution in [-0.4, -0.2) is 49.8 Å². The quantitative estimate of drug-likeness (QED) is 0.759. The Balaban J connectivity index is 1.86. The van der Waals surface area contributed by atoms with Crippen molar-refractivity contribution in [3.63, 3.8) is 0 Å². The molecule has 0 saturated carbocycles. The Hall–Kier alpha value is -0.120. The van der Waals surface area contributed by atoms with Crippen LogP contribution in [0.4, 0.5) is 0 Å². The first-order valence-corrected chi connectivity index (χ1v) is 6.31. The molecule has 0 spiro atoms. The van der Waals surface area contributed by atoms with Crippen LogP contribution in [0.25, 0.3) is 0 Å². The molecule has 2 aliphatic rings. The highest BCUT2D eigenvalue weighted by molar-refractivity contribution is 4.92. The largest absolute Gasteiger partial charge is 0.380 e. The molecule has 0 radical (unpaired) electrons. The van der Waals surface area contributed by atoms with E-state index >= 15 is 0 Å². The average molecular weight is 212 g/mol. The van der Waals surface area contributed by atoms with Gasteiger partial charge in [-0.15, -0.1) is 0 Å². The van der Waals surface area contributed by atoms with E-state index in [2.05, 4.69) is 17.1 Å². The van der Waals surface area contributed by atoms with E-state index in [9.17, 15) is 0 Å². The van der Waals surface area contributed by atoms with Gasteiger partial charge in [0.15, 0.2) is 0 Å². The SMILES string of the molecule is COC(C)CN1CCCC1C1CCCN1. The molecular formula is C12H24N2O. The minimum Gasteiger partial charge on any atom is -0.380 e. The van der Waals surface area contributed by atoms with E-state index in [0.717, 1.165) is 18.6 Å². The molecule has 15 heavy (non-hydrogen) atoms. The maximum atomic E-state index is 5.36. The number of hydrogen-bond acceptors (Lipinski definition) is 3. The van der Waals surface area contributed by atoms with Crippen LogP contribution in [-0.2, 0) is 4.74 Å². The molecule has 2 rings (SSSR count). The Morgan fingerprint density at radius 3 is 2.93 bits per heavy atom. The average Bonchev–Trinajstić information content (AvgIpc) is 2.86. The Morgan fingerprint density at radius 1 is 1.40 bits per heavy atom. The molecule has 3 atom stereocenters. The van der Waals surface area contributed by atoms with Crippen molar-refractivity contribution in [2.75, 3.05) is 26.7 Å². The van der Waals surface area contributed by atoms with Crippen LogP contribution >= 0.6 is 0 Å². The highest BCUT2D eigenvalue weighted by Gasteiger charge is 2.33. The Morgan fingerprint density at radius 2 is 2.27 bits per heavy atom. The van der Waals surface area contributed by atoms with E-state index in [1.165, 1.54) is 38.8 Å². The van der Waals surface area contributed by atoms with E-state index in [0.29, 0.717) is 6.10 Å². The zero-order chi connectivity index (χ0) is 10.7. The molecule has 3 heteroatoms. The first-order chi connectivity index (χ1) is 7.31. The summed E-state index contributed by atoms with van der Waals surface area (Å²) in [6.45, 7) is 5.74. The number of nitrogens with zero attached hydrogens (tertiary/aromatic N) is 1. The molecule has 1 N–H and O–H groups in total. The van der Waals surface area contributed by atoms with Crippen molar-refractivity contribution >= 4 is 0 Å². The molecule has 3 unspecified atom stereocenters. The summed E-state index contributed by atoms with van der Waals surface area (Å²) in [5, 5.41) is 3.64. The topological polar surface area (TPSA) is 24.5 Å².